The van der Waals surface area contributed by atoms with Gasteiger partial charge in [-0.2, -0.15) is 0 Å². The molecule has 154 valence electrons. The van der Waals surface area contributed by atoms with Gasteiger partial charge in [0.05, 0.1) is 15.6 Å². The van der Waals surface area contributed by atoms with Gasteiger partial charge in [0.15, 0.2) is 5.78 Å². The van der Waals surface area contributed by atoms with Crippen LogP contribution in [0.25, 0.3) is 0 Å². The number of hydrogen-bond acceptors (Lipinski definition) is 4. The summed E-state index contributed by atoms with van der Waals surface area (Å²) in [5, 5.41) is 4.10. The summed E-state index contributed by atoms with van der Waals surface area (Å²) < 4.78 is 5.89. The summed E-state index contributed by atoms with van der Waals surface area (Å²) in [6.07, 6.45) is 7.10. The first-order chi connectivity index (χ1) is 14.0. The van der Waals surface area contributed by atoms with Crippen molar-refractivity contribution in [2.45, 2.75) is 70.3 Å². The van der Waals surface area contributed by atoms with Crippen LogP contribution in [0.4, 0.5) is 0 Å². The predicted octanol–water partition coefficient (Wildman–Crippen LogP) is 5.84. The molecule has 1 aromatic rings. The average molecular weight is 434 g/mol. The van der Waals surface area contributed by atoms with Crippen LogP contribution in [0.15, 0.2) is 40.7 Å². The fraction of sp³-hybridized carbons (Fsp3) is 0.478. The highest BCUT2D eigenvalue weighted by atomic mass is 35.5. The van der Waals surface area contributed by atoms with E-state index in [-0.39, 0.29) is 17.9 Å². The van der Waals surface area contributed by atoms with Gasteiger partial charge in [0, 0.05) is 29.3 Å². The first-order valence-corrected chi connectivity index (χ1v) is 11.1. The van der Waals surface area contributed by atoms with Gasteiger partial charge in [-0.05, 0) is 57.1 Å². The van der Waals surface area contributed by atoms with E-state index >= 15 is 0 Å². The van der Waals surface area contributed by atoms with Gasteiger partial charge in [0.25, 0.3) is 0 Å². The van der Waals surface area contributed by atoms with Crippen molar-refractivity contribution in [3.63, 3.8) is 0 Å². The molecule has 0 spiro atoms. The Bertz CT molecular complexity index is 913. The number of Topliss-reactive ketones (excluding diaryl/α,β-unsaturated/α-hetero) is 1. The fourth-order valence-electron chi connectivity index (χ4n) is 4.71. The van der Waals surface area contributed by atoms with E-state index in [1.807, 2.05) is 13.0 Å². The van der Waals surface area contributed by atoms with Gasteiger partial charge in [0.2, 0.25) is 0 Å². The van der Waals surface area contributed by atoms with Gasteiger partial charge >= 0.3 is 5.97 Å². The van der Waals surface area contributed by atoms with Crippen LogP contribution in [0.1, 0.15) is 69.8 Å². The van der Waals surface area contributed by atoms with Crippen molar-refractivity contribution in [1.29, 1.82) is 0 Å². The number of ether oxygens (including phenoxy) is 1. The number of carbonyl (C=O) groups excluding carboxylic acids is 2. The first-order valence-electron chi connectivity index (χ1n) is 10.4. The van der Waals surface area contributed by atoms with Crippen LogP contribution in [0, 0.1) is 0 Å². The normalized spacial score (nSPS) is 23.0. The third kappa shape index (κ3) is 3.97. The van der Waals surface area contributed by atoms with E-state index in [9.17, 15) is 9.59 Å². The Morgan fingerprint density at radius 1 is 1.10 bits per heavy atom. The number of carbonyl (C=O) groups is 2. The number of esters is 1. The van der Waals surface area contributed by atoms with Crippen LogP contribution in [-0.4, -0.2) is 17.9 Å². The Balaban J connectivity index is 1.78. The Labute approximate surface area is 181 Å². The van der Waals surface area contributed by atoms with E-state index in [2.05, 4.69) is 5.32 Å². The Morgan fingerprint density at radius 2 is 1.86 bits per heavy atom. The molecule has 0 saturated heterocycles. The first kappa shape index (κ1) is 20.5. The van der Waals surface area contributed by atoms with Crippen LogP contribution in [0.3, 0.4) is 0 Å². The topological polar surface area (TPSA) is 55.4 Å². The number of nitrogens with one attached hydrogen (secondary N) is 1. The molecule has 0 unspecified atom stereocenters. The average Bonchev–Trinajstić information content (AvgIpc) is 2.70. The minimum absolute atomic E-state index is 0.0512. The number of hydrogen-bond donors (Lipinski definition) is 1. The number of benzene rings is 1. The molecule has 1 aliphatic heterocycles. The highest BCUT2D eigenvalue weighted by molar-refractivity contribution is 6.42. The number of allylic oxidation sites excluding steroid dienone is 3. The lowest BCUT2D eigenvalue weighted by atomic mass is 9.75. The standard InChI is InChI=1S/C23H25Cl2NO3/c1-13-19(23(28)29-14-7-3-2-4-8-14)20(15-9-5-10-16(24)22(15)25)21-17(26-13)11-6-12-18(21)27/h5,9-10,14,20,26H,2-4,6-8,11-12H2,1H3/t20-/m0/s1. The lowest BCUT2D eigenvalue weighted by molar-refractivity contribution is -0.146. The van der Waals surface area contributed by atoms with Gasteiger partial charge in [-0.25, -0.2) is 4.79 Å². The molecule has 3 aliphatic rings. The van der Waals surface area contributed by atoms with E-state index in [1.165, 1.54) is 6.42 Å². The molecule has 1 saturated carbocycles. The van der Waals surface area contributed by atoms with Crippen molar-refractivity contribution in [1.82, 2.24) is 5.32 Å². The number of halogens is 2. The Kier molecular flexibility index (Phi) is 6.03. The third-order valence-electron chi connectivity index (χ3n) is 6.11. The fourth-order valence-corrected chi connectivity index (χ4v) is 5.12. The zero-order valence-corrected chi connectivity index (χ0v) is 18.0. The molecule has 1 heterocycles. The van der Waals surface area contributed by atoms with E-state index in [1.54, 1.807) is 12.1 Å². The number of dihydropyridines is 1. The molecule has 4 rings (SSSR count). The van der Waals surface area contributed by atoms with Crippen LogP contribution < -0.4 is 5.32 Å². The molecular formula is C23H25Cl2NO3. The third-order valence-corrected chi connectivity index (χ3v) is 6.95. The van der Waals surface area contributed by atoms with Crippen molar-refractivity contribution in [3.8, 4) is 0 Å². The zero-order valence-electron chi connectivity index (χ0n) is 16.5. The lowest BCUT2D eigenvalue weighted by Crippen LogP contribution is -2.35. The molecule has 1 fully saturated rings. The maximum Gasteiger partial charge on any atom is 0.337 e. The summed E-state index contributed by atoms with van der Waals surface area (Å²) in [5.41, 5.74) is 3.38. The minimum atomic E-state index is -0.554. The van der Waals surface area contributed by atoms with E-state index < -0.39 is 5.92 Å². The second-order valence-corrected chi connectivity index (χ2v) is 8.86. The van der Waals surface area contributed by atoms with Crippen molar-refractivity contribution in [3.05, 3.63) is 56.3 Å². The molecule has 29 heavy (non-hydrogen) atoms. The molecule has 0 bridgehead atoms. The molecule has 1 N–H and O–H groups in total. The van der Waals surface area contributed by atoms with Crippen molar-refractivity contribution in [2.24, 2.45) is 0 Å². The van der Waals surface area contributed by atoms with E-state index in [0.717, 1.165) is 49.9 Å². The van der Waals surface area contributed by atoms with Gasteiger partial charge < -0.3 is 10.1 Å². The second kappa shape index (κ2) is 8.53. The molecule has 1 aromatic carbocycles. The van der Waals surface area contributed by atoms with Gasteiger partial charge in [-0.1, -0.05) is 41.8 Å². The molecule has 4 nitrogen and oxygen atoms in total. The van der Waals surface area contributed by atoms with E-state index in [0.29, 0.717) is 33.2 Å². The van der Waals surface area contributed by atoms with Gasteiger partial charge in [0.1, 0.15) is 6.10 Å². The van der Waals surface area contributed by atoms with Crippen molar-refractivity contribution in [2.75, 3.05) is 0 Å². The quantitative estimate of drug-likeness (QED) is 0.608. The highest BCUT2D eigenvalue weighted by Crippen LogP contribution is 2.46. The summed E-state index contributed by atoms with van der Waals surface area (Å²) >= 11 is 12.8. The lowest BCUT2D eigenvalue weighted by Gasteiger charge is -2.35. The second-order valence-electron chi connectivity index (χ2n) is 8.07. The smallest absolute Gasteiger partial charge is 0.337 e. The summed E-state index contributed by atoms with van der Waals surface area (Å²) in [4.78, 5) is 26.2. The molecular weight excluding hydrogens is 409 g/mol. The molecule has 0 aromatic heterocycles. The number of ketones is 1. The maximum absolute atomic E-state index is 13.3. The largest absolute Gasteiger partial charge is 0.459 e. The van der Waals surface area contributed by atoms with Crippen LogP contribution in [-0.2, 0) is 14.3 Å². The zero-order chi connectivity index (χ0) is 20.5. The molecule has 2 aliphatic carbocycles. The van der Waals surface area contributed by atoms with Gasteiger partial charge in [-0.15, -0.1) is 0 Å². The Hall–Kier alpha value is -1.78. The predicted molar refractivity (Wildman–Crippen MR) is 114 cm³/mol. The molecule has 6 heteroatoms. The highest BCUT2D eigenvalue weighted by Gasteiger charge is 2.40. The SMILES string of the molecule is CC1=C(C(=O)OC2CCCCC2)[C@H](c2cccc(Cl)c2Cl)C2=C(CCCC2=O)N1. The van der Waals surface area contributed by atoms with Crippen molar-refractivity contribution < 1.29 is 14.3 Å². The van der Waals surface area contributed by atoms with Crippen LogP contribution in [0.2, 0.25) is 10.0 Å². The minimum Gasteiger partial charge on any atom is -0.459 e. The monoisotopic (exact) mass is 433 g/mol. The van der Waals surface area contributed by atoms with E-state index in [4.69, 9.17) is 27.9 Å². The van der Waals surface area contributed by atoms with Crippen molar-refractivity contribution >= 4 is 35.0 Å². The van der Waals surface area contributed by atoms with Gasteiger partial charge in [-0.3, -0.25) is 4.79 Å². The number of rotatable bonds is 3. The summed E-state index contributed by atoms with van der Waals surface area (Å²) in [5.74, 6) is -0.871. The Morgan fingerprint density at radius 3 is 2.62 bits per heavy atom. The molecule has 0 radical (unpaired) electrons. The van der Waals surface area contributed by atoms with Crippen LogP contribution in [0.5, 0.6) is 0 Å². The maximum atomic E-state index is 13.3. The molecule has 1 atom stereocenters. The summed E-state index contributed by atoms with van der Waals surface area (Å²) in [6, 6.07) is 5.36. The summed E-state index contributed by atoms with van der Waals surface area (Å²) in [6.45, 7) is 1.87. The van der Waals surface area contributed by atoms with Crippen LogP contribution >= 0.6 is 23.2 Å². The molecule has 0 amide bonds. The summed E-state index contributed by atoms with van der Waals surface area (Å²) in [7, 11) is 0.